The van der Waals surface area contributed by atoms with Crippen LogP contribution in [0.25, 0.3) is 0 Å². The second kappa shape index (κ2) is 5.64. The third-order valence-corrected chi connectivity index (χ3v) is 2.87. The Kier molecular flexibility index (Phi) is 3.94. The van der Waals surface area contributed by atoms with E-state index in [1.165, 1.54) is 6.07 Å². The van der Waals surface area contributed by atoms with Gasteiger partial charge in [-0.05, 0) is 36.4 Å². The smallest absolute Gasteiger partial charge is 0.354 e. The summed E-state index contributed by atoms with van der Waals surface area (Å²) in [6, 6.07) is 12.7. The van der Waals surface area contributed by atoms with Crippen LogP contribution in [0.15, 0.2) is 46.9 Å². The zero-order chi connectivity index (χ0) is 13.0. The Hall–Kier alpha value is -1.88. The number of hydrogen-bond donors (Lipinski definition) is 2. The largest absolute Gasteiger partial charge is 0.477 e. The Bertz CT molecular complexity index is 555. The molecule has 92 valence electrons. The molecule has 0 aliphatic carbocycles. The van der Waals surface area contributed by atoms with Crippen LogP contribution in [-0.4, -0.2) is 16.1 Å². The van der Waals surface area contributed by atoms with E-state index in [0.717, 1.165) is 10.2 Å². The second-order valence-corrected chi connectivity index (χ2v) is 4.60. The van der Waals surface area contributed by atoms with Crippen molar-refractivity contribution in [1.29, 1.82) is 0 Å². The first kappa shape index (κ1) is 12.6. The van der Waals surface area contributed by atoms with Gasteiger partial charge in [0.2, 0.25) is 0 Å². The van der Waals surface area contributed by atoms with Crippen LogP contribution < -0.4 is 5.32 Å². The summed E-state index contributed by atoms with van der Waals surface area (Å²) in [6.07, 6.45) is 0. The van der Waals surface area contributed by atoms with Crippen molar-refractivity contribution >= 4 is 27.6 Å². The van der Waals surface area contributed by atoms with Crippen LogP contribution in [0.2, 0.25) is 0 Å². The molecule has 0 atom stereocenters. The minimum absolute atomic E-state index is 0.0603. The molecule has 2 aromatic rings. The van der Waals surface area contributed by atoms with Gasteiger partial charge in [0.25, 0.3) is 0 Å². The number of hydrogen-bond acceptors (Lipinski definition) is 3. The lowest BCUT2D eigenvalue weighted by atomic mass is 10.3. The number of carbonyl (C=O) groups is 1. The number of aromatic nitrogens is 1. The first-order chi connectivity index (χ1) is 8.65. The molecule has 0 fully saturated rings. The van der Waals surface area contributed by atoms with Crippen molar-refractivity contribution in [3.05, 3.63) is 58.3 Å². The van der Waals surface area contributed by atoms with E-state index in [4.69, 9.17) is 5.11 Å². The number of rotatable bonds is 4. The molecular weight excluding hydrogens is 296 g/mol. The fraction of sp³-hybridized carbons (Fsp3) is 0.0769. The van der Waals surface area contributed by atoms with Gasteiger partial charge in [0.15, 0.2) is 0 Å². The molecule has 0 bridgehead atoms. The lowest BCUT2D eigenvalue weighted by Crippen LogP contribution is -2.06. The zero-order valence-electron chi connectivity index (χ0n) is 9.43. The maximum absolute atomic E-state index is 10.8. The van der Waals surface area contributed by atoms with Gasteiger partial charge in [-0.1, -0.05) is 22.0 Å². The van der Waals surface area contributed by atoms with E-state index < -0.39 is 5.97 Å². The lowest BCUT2D eigenvalue weighted by Gasteiger charge is -2.06. The highest BCUT2D eigenvalue weighted by molar-refractivity contribution is 9.10. The SMILES string of the molecule is O=C(O)c1cccc(CNc2ccc(Br)cc2)n1. The topological polar surface area (TPSA) is 62.2 Å². The third-order valence-electron chi connectivity index (χ3n) is 2.34. The van der Waals surface area contributed by atoms with E-state index in [9.17, 15) is 4.79 Å². The van der Waals surface area contributed by atoms with Crippen LogP contribution in [0.3, 0.4) is 0 Å². The monoisotopic (exact) mass is 306 g/mol. The Labute approximate surface area is 113 Å². The van der Waals surface area contributed by atoms with E-state index in [1.807, 2.05) is 24.3 Å². The predicted octanol–water partition coefficient (Wildman–Crippen LogP) is 3.15. The Morgan fingerprint density at radius 3 is 2.61 bits per heavy atom. The average Bonchev–Trinajstić information content (AvgIpc) is 2.38. The molecule has 2 rings (SSSR count). The lowest BCUT2D eigenvalue weighted by molar-refractivity contribution is 0.0690. The van der Waals surface area contributed by atoms with Crippen molar-refractivity contribution in [3.8, 4) is 0 Å². The van der Waals surface area contributed by atoms with E-state index >= 15 is 0 Å². The molecule has 4 nitrogen and oxygen atoms in total. The van der Waals surface area contributed by atoms with Crippen molar-refractivity contribution < 1.29 is 9.90 Å². The number of halogens is 1. The van der Waals surface area contributed by atoms with Gasteiger partial charge < -0.3 is 10.4 Å². The number of carboxylic acid groups (broad SMARTS) is 1. The number of carboxylic acids is 1. The Morgan fingerprint density at radius 1 is 1.22 bits per heavy atom. The molecule has 0 spiro atoms. The number of nitrogens with one attached hydrogen (secondary N) is 1. The summed E-state index contributed by atoms with van der Waals surface area (Å²) in [5.41, 5.74) is 1.71. The molecule has 1 heterocycles. The first-order valence-corrected chi connectivity index (χ1v) is 6.13. The van der Waals surface area contributed by atoms with E-state index in [2.05, 4.69) is 26.2 Å². The van der Waals surface area contributed by atoms with Crippen molar-refractivity contribution in [3.63, 3.8) is 0 Å². The molecule has 0 radical (unpaired) electrons. The molecule has 18 heavy (non-hydrogen) atoms. The number of aromatic carboxylic acids is 1. The zero-order valence-corrected chi connectivity index (χ0v) is 11.0. The van der Waals surface area contributed by atoms with Crippen LogP contribution in [0, 0.1) is 0 Å². The van der Waals surface area contributed by atoms with E-state index in [-0.39, 0.29) is 5.69 Å². The summed E-state index contributed by atoms with van der Waals surface area (Å²) in [4.78, 5) is 14.8. The van der Waals surface area contributed by atoms with E-state index in [1.54, 1.807) is 12.1 Å². The molecule has 2 N–H and O–H groups in total. The molecule has 0 aliphatic rings. The molecule has 1 aromatic carbocycles. The predicted molar refractivity (Wildman–Crippen MR) is 72.7 cm³/mol. The summed E-state index contributed by atoms with van der Waals surface area (Å²) >= 11 is 3.36. The molecule has 0 saturated heterocycles. The van der Waals surface area contributed by atoms with Crippen molar-refractivity contribution in [2.75, 3.05) is 5.32 Å². The number of nitrogens with zero attached hydrogens (tertiary/aromatic N) is 1. The van der Waals surface area contributed by atoms with Gasteiger partial charge in [0, 0.05) is 10.2 Å². The van der Waals surface area contributed by atoms with Crippen LogP contribution in [0.5, 0.6) is 0 Å². The molecular formula is C13H11BrN2O2. The summed E-state index contributed by atoms with van der Waals surface area (Å²) in [7, 11) is 0. The van der Waals surface area contributed by atoms with Crippen LogP contribution >= 0.6 is 15.9 Å². The summed E-state index contributed by atoms with van der Waals surface area (Å²) in [5, 5.41) is 12.0. The van der Waals surface area contributed by atoms with Crippen molar-refractivity contribution in [1.82, 2.24) is 4.98 Å². The van der Waals surface area contributed by atoms with E-state index in [0.29, 0.717) is 12.2 Å². The first-order valence-electron chi connectivity index (χ1n) is 5.34. The Balaban J connectivity index is 2.04. The maximum Gasteiger partial charge on any atom is 0.354 e. The number of pyridine rings is 1. The quantitative estimate of drug-likeness (QED) is 0.911. The molecule has 0 saturated carbocycles. The summed E-state index contributed by atoms with van der Waals surface area (Å²) in [5.74, 6) is -1.01. The summed E-state index contributed by atoms with van der Waals surface area (Å²) in [6.45, 7) is 0.489. The minimum atomic E-state index is -1.01. The molecule has 5 heteroatoms. The van der Waals surface area contributed by atoms with Gasteiger partial charge in [0.1, 0.15) is 5.69 Å². The van der Waals surface area contributed by atoms with Gasteiger partial charge in [-0.3, -0.25) is 0 Å². The highest BCUT2D eigenvalue weighted by Crippen LogP contribution is 2.14. The van der Waals surface area contributed by atoms with Gasteiger partial charge in [0.05, 0.1) is 12.2 Å². The van der Waals surface area contributed by atoms with Crippen LogP contribution in [-0.2, 0) is 6.54 Å². The normalized spacial score (nSPS) is 10.1. The highest BCUT2D eigenvalue weighted by atomic mass is 79.9. The molecule has 1 aromatic heterocycles. The maximum atomic E-state index is 10.8. The third kappa shape index (κ3) is 3.30. The van der Waals surface area contributed by atoms with Gasteiger partial charge in [-0.25, -0.2) is 9.78 Å². The van der Waals surface area contributed by atoms with Gasteiger partial charge in [-0.2, -0.15) is 0 Å². The average molecular weight is 307 g/mol. The fourth-order valence-electron chi connectivity index (χ4n) is 1.46. The van der Waals surface area contributed by atoms with Crippen molar-refractivity contribution in [2.24, 2.45) is 0 Å². The van der Waals surface area contributed by atoms with Gasteiger partial charge >= 0.3 is 5.97 Å². The fourth-order valence-corrected chi connectivity index (χ4v) is 1.72. The van der Waals surface area contributed by atoms with Crippen LogP contribution in [0.4, 0.5) is 5.69 Å². The van der Waals surface area contributed by atoms with Crippen LogP contribution in [0.1, 0.15) is 16.2 Å². The highest BCUT2D eigenvalue weighted by Gasteiger charge is 2.04. The van der Waals surface area contributed by atoms with Crippen molar-refractivity contribution in [2.45, 2.75) is 6.54 Å². The molecule has 0 unspecified atom stereocenters. The summed E-state index contributed by atoms with van der Waals surface area (Å²) < 4.78 is 1.01. The molecule has 0 amide bonds. The number of benzene rings is 1. The Morgan fingerprint density at radius 2 is 1.94 bits per heavy atom. The molecule has 0 aliphatic heterocycles. The number of anilines is 1. The standard InChI is InChI=1S/C13H11BrN2O2/c14-9-4-6-10(7-5-9)15-8-11-2-1-3-12(16-11)13(17)18/h1-7,15H,8H2,(H,17,18). The second-order valence-electron chi connectivity index (χ2n) is 3.68. The minimum Gasteiger partial charge on any atom is -0.477 e. The van der Waals surface area contributed by atoms with Gasteiger partial charge in [-0.15, -0.1) is 0 Å².